The molecule has 0 saturated heterocycles. The lowest BCUT2D eigenvalue weighted by Gasteiger charge is -2.09. The minimum atomic E-state index is -0.436. The van der Waals surface area contributed by atoms with Gasteiger partial charge in [0.05, 0.1) is 34.4 Å². The van der Waals surface area contributed by atoms with Crippen LogP contribution in [0.15, 0.2) is 47.6 Å². The number of carbonyl (C=O) groups is 3. The summed E-state index contributed by atoms with van der Waals surface area (Å²) in [7, 11) is 0. The van der Waals surface area contributed by atoms with Gasteiger partial charge in [-0.25, -0.2) is 4.79 Å². The number of amides is 2. The van der Waals surface area contributed by atoms with Crippen LogP contribution in [0.4, 0.5) is 11.4 Å². The van der Waals surface area contributed by atoms with Gasteiger partial charge in [-0.05, 0) is 49.7 Å². The molecule has 12 heteroatoms. The van der Waals surface area contributed by atoms with Crippen molar-refractivity contribution in [2.24, 2.45) is 0 Å². The number of nitrogens with one attached hydrogen (secondary N) is 2. The lowest BCUT2D eigenvalue weighted by atomic mass is 10.2. The molecule has 9 nitrogen and oxygen atoms in total. The largest absolute Gasteiger partial charge is 0.462 e. The van der Waals surface area contributed by atoms with Crippen LogP contribution in [0.25, 0.3) is 0 Å². The maximum Gasteiger partial charge on any atom is 0.338 e. The Morgan fingerprint density at radius 2 is 1.72 bits per heavy atom. The van der Waals surface area contributed by atoms with Crippen LogP contribution in [0.1, 0.15) is 36.5 Å². The van der Waals surface area contributed by atoms with E-state index in [0.29, 0.717) is 51.1 Å². The maximum atomic E-state index is 12.5. The van der Waals surface area contributed by atoms with Crippen molar-refractivity contribution in [3.05, 3.63) is 63.9 Å². The van der Waals surface area contributed by atoms with Gasteiger partial charge in [0.1, 0.15) is 5.82 Å². The Hall–Kier alpha value is -3.08. The third-order valence-electron chi connectivity index (χ3n) is 4.78. The zero-order valence-electron chi connectivity index (χ0n) is 19.7. The predicted octanol–water partition coefficient (Wildman–Crippen LogP) is 5.08. The molecule has 1 heterocycles. The Kier molecular flexibility index (Phi) is 10.2. The highest BCUT2D eigenvalue weighted by Gasteiger charge is 2.17. The van der Waals surface area contributed by atoms with Crippen LogP contribution < -0.4 is 10.6 Å². The summed E-state index contributed by atoms with van der Waals surface area (Å²) in [6.45, 7) is 4.67. The van der Waals surface area contributed by atoms with Crippen LogP contribution in [0.3, 0.4) is 0 Å². The van der Waals surface area contributed by atoms with Crippen molar-refractivity contribution in [2.75, 3.05) is 23.0 Å². The Balaban J connectivity index is 1.56. The van der Waals surface area contributed by atoms with Gasteiger partial charge in [-0.3, -0.25) is 9.59 Å². The number of carbonyl (C=O) groups excluding carboxylic acids is 3. The summed E-state index contributed by atoms with van der Waals surface area (Å²) in [6.07, 6.45) is 0.722. The number of esters is 1. The average molecular weight is 550 g/mol. The van der Waals surface area contributed by atoms with Gasteiger partial charge in [0.2, 0.25) is 11.8 Å². The fraction of sp³-hybridized carbons (Fsp3) is 0.292. The number of benzene rings is 2. The van der Waals surface area contributed by atoms with E-state index in [1.54, 1.807) is 47.0 Å². The second kappa shape index (κ2) is 13.3. The standard InChI is InChI=1S/C24H25Cl2N5O4S/c1-3-10-35-23(34)15-6-5-7-16(11-15)28-22(33)14-36-24-30-29-20(31(24)4-2)13-21(32)27-17-8-9-18(25)19(26)12-17/h5-9,11-12H,3-4,10,13-14H2,1-2H3,(H,27,32)(H,28,33). The quantitative estimate of drug-likeness (QED) is 0.253. The molecule has 0 bridgehead atoms. The number of anilines is 2. The Morgan fingerprint density at radius 3 is 2.44 bits per heavy atom. The molecule has 36 heavy (non-hydrogen) atoms. The number of halogens is 2. The van der Waals surface area contributed by atoms with Crippen LogP contribution >= 0.6 is 35.0 Å². The summed E-state index contributed by atoms with van der Waals surface area (Å²) in [4.78, 5) is 37.0. The van der Waals surface area contributed by atoms with Gasteiger partial charge < -0.3 is 19.9 Å². The molecular formula is C24H25Cl2N5O4S. The normalized spacial score (nSPS) is 10.7. The fourth-order valence-corrected chi connectivity index (χ4v) is 4.25. The molecule has 2 amide bonds. The van der Waals surface area contributed by atoms with Gasteiger partial charge in [0.15, 0.2) is 5.16 Å². The zero-order valence-corrected chi connectivity index (χ0v) is 22.0. The lowest BCUT2D eigenvalue weighted by Crippen LogP contribution is -2.18. The summed E-state index contributed by atoms with van der Waals surface area (Å²) in [5.74, 6) is -0.464. The highest BCUT2D eigenvalue weighted by molar-refractivity contribution is 7.99. The molecule has 3 aromatic rings. The highest BCUT2D eigenvalue weighted by atomic mass is 35.5. The molecule has 0 aliphatic rings. The smallest absolute Gasteiger partial charge is 0.338 e. The topological polar surface area (TPSA) is 115 Å². The van der Waals surface area contributed by atoms with Crippen LogP contribution in [0.5, 0.6) is 0 Å². The van der Waals surface area contributed by atoms with Gasteiger partial charge in [0.25, 0.3) is 0 Å². The van der Waals surface area contributed by atoms with E-state index in [2.05, 4.69) is 20.8 Å². The molecule has 0 unspecified atom stereocenters. The fourth-order valence-electron chi connectivity index (χ4n) is 3.13. The third-order valence-corrected chi connectivity index (χ3v) is 6.49. The van der Waals surface area contributed by atoms with Crippen molar-refractivity contribution in [3.63, 3.8) is 0 Å². The number of rotatable bonds is 11. The monoisotopic (exact) mass is 549 g/mol. The summed E-state index contributed by atoms with van der Waals surface area (Å²) in [6, 6.07) is 11.4. The number of ether oxygens (including phenoxy) is 1. The number of aromatic nitrogens is 3. The first kappa shape index (κ1) is 27.5. The van der Waals surface area contributed by atoms with E-state index in [1.807, 2.05) is 13.8 Å². The van der Waals surface area contributed by atoms with Crippen LogP contribution in [-0.4, -0.2) is 44.9 Å². The first-order valence-corrected chi connectivity index (χ1v) is 12.9. The summed E-state index contributed by atoms with van der Waals surface area (Å²) >= 11 is 13.1. The number of hydrogen-bond acceptors (Lipinski definition) is 7. The van der Waals surface area contributed by atoms with Gasteiger partial charge in [-0.15, -0.1) is 10.2 Å². The van der Waals surface area contributed by atoms with E-state index in [4.69, 9.17) is 27.9 Å². The Labute approximate surface area is 222 Å². The van der Waals surface area contributed by atoms with E-state index >= 15 is 0 Å². The van der Waals surface area contributed by atoms with Crippen LogP contribution in [-0.2, 0) is 27.3 Å². The number of thioether (sulfide) groups is 1. The van der Waals surface area contributed by atoms with E-state index in [-0.39, 0.29) is 24.0 Å². The summed E-state index contributed by atoms with van der Waals surface area (Å²) in [5.41, 5.74) is 1.37. The minimum absolute atomic E-state index is 0.00519. The Bertz CT molecular complexity index is 1250. The van der Waals surface area contributed by atoms with Gasteiger partial charge in [-0.1, -0.05) is 48.0 Å². The maximum absolute atomic E-state index is 12.5. The van der Waals surface area contributed by atoms with Crippen molar-refractivity contribution < 1.29 is 19.1 Å². The summed E-state index contributed by atoms with van der Waals surface area (Å²) in [5, 5.41) is 15.0. The molecule has 190 valence electrons. The average Bonchev–Trinajstić information content (AvgIpc) is 3.24. The molecule has 1 aromatic heterocycles. The minimum Gasteiger partial charge on any atom is -0.462 e. The van der Waals surface area contributed by atoms with E-state index in [9.17, 15) is 14.4 Å². The van der Waals surface area contributed by atoms with E-state index in [0.717, 1.165) is 6.42 Å². The molecule has 2 aromatic carbocycles. The molecule has 0 radical (unpaired) electrons. The molecule has 2 N–H and O–H groups in total. The highest BCUT2D eigenvalue weighted by Crippen LogP contribution is 2.25. The van der Waals surface area contributed by atoms with E-state index < -0.39 is 5.97 Å². The van der Waals surface area contributed by atoms with Crippen molar-refractivity contribution >= 4 is 64.1 Å². The first-order valence-electron chi connectivity index (χ1n) is 11.2. The summed E-state index contributed by atoms with van der Waals surface area (Å²) < 4.78 is 6.90. The number of hydrogen-bond donors (Lipinski definition) is 2. The van der Waals surface area contributed by atoms with Crippen LogP contribution in [0.2, 0.25) is 10.0 Å². The Morgan fingerprint density at radius 1 is 0.972 bits per heavy atom. The molecule has 0 saturated carbocycles. The molecule has 0 fully saturated rings. The SMILES string of the molecule is CCCOC(=O)c1cccc(NC(=O)CSc2nnc(CC(=O)Nc3ccc(Cl)c(Cl)c3)n2CC)c1. The molecule has 0 atom stereocenters. The molecule has 0 aliphatic carbocycles. The third kappa shape index (κ3) is 7.71. The zero-order chi connectivity index (χ0) is 26.1. The predicted molar refractivity (Wildman–Crippen MR) is 141 cm³/mol. The second-order valence-corrected chi connectivity index (χ2v) is 9.31. The number of nitrogens with zero attached hydrogens (tertiary/aromatic N) is 3. The molecule has 3 rings (SSSR count). The van der Waals surface area contributed by atoms with Crippen molar-refractivity contribution in [2.45, 2.75) is 38.4 Å². The van der Waals surface area contributed by atoms with Crippen LogP contribution in [0, 0.1) is 0 Å². The molecule has 0 aliphatic heterocycles. The second-order valence-electron chi connectivity index (χ2n) is 7.55. The molecule has 0 spiro atoms. The van der Waals surface area contributed by atoms with Crippen molar-refractivity contribution in [3.8, 4) is 0 Å². The lowest BCUT2D eigenvalue weighted by molar-refractivity contribution is -0.116. The van der Waals surface area contributed by atoms with Crippen molar-refractivity contribution in [1.29, 1.82) is 0 Å². The van der Waals surface area contributed by atoms with Crippen molar-refractivity contribution in [1.82, 2.24) is 14.8 Å². The van der Waals surface area contributed by atoms with Gasteiger partial charge >= 0.3 is 5.97 Å². The van der Waals surface area contributed by atoms with E-state index in [1.165, 1.54) is 11.8 Å². The van der Waals surface area contributed by atoms with Gasteiger partial charge in [-0.2, -0.15) is 0 Å². The molecular weight excluding hydrogens is 525 g/mol. The van der Waals surface area contributed by atoms with Gasteiger partial charge in [0, 0.05) is 17.9 Å². The first-order chi connectivity index (χ1) is 17.3.